The minimum absolute atomic E-state index is 0.304. The zero-order valence-corrected chi connectivity index (χ0v) is 7.83. The molecule has 0 aromatic rings. The van der Waals surface area contributed by atoms with Crippen LogP contribution in [0.2, 0.25) is 0 Å². The molecule has 0 bridgehead atoms. The topological polar surface area (TPSA) is 58.4 Å². The lowest BCUT2D eigenvalue weighted by molar-refractivity contribution is 0.186. The number of urea groups is 1. The number of likely N-dealkylation sites (tertiary alicyclic amines) is 1. The Balaban J connectivity index is 2.22. The van der Waals surface area contributed by atoms with Crippen LogP contribution in [0.5, 0.6) is 0 Å². The van der Waals surface area contributed by atoms with Crippen LogP contribution < -0.4 is 11.1 Å². The molecule has 0 saturated carbocycles. The van der Waals surface area contributed by atoms with E-state index in [1.165, 1.54) is 0 Å². The molecular weight excluding hydrogens is 166 g/mol. The molecule has 74 valence electrons. The largest absolute Gasteiger partial charge is 0.351 e. The summed E-state index contributed by atoms with van der Waals surface area (Å²) in [5.41, 5.74) is 5.16. The first-order valence-electron chi connectivity index (χ1n) is 4.62. The van der Waals surface area contributed by atoms with Crippen LogP contribution in [0.3, 0.4) is 0 Å². The van der Waals surface area contributed by atoms with E-state index in [-0.39, 0.29) is 6.03 Å². The molecule has 0 aromatic heterocycles. The molecule has 0 spiro atoms. The third-order valence-electron chi connectivity index (χ3n) is 2.36. The number of primary amides is 1. The van der Waals surface area contributed by atoms with Crippen molar-refractivity contribution in [1.29, 1.82) is 0 Å². The lowest BCUT2D eigenvalue weighted by Gasteiger charge is -2.31. The molecule has 0 unspecified atom stereocenters. The van der Waals surface area contributed by atoms with Crippen LogP contribution in [0, 0.1) is 0 Å². The number of nitrogens with zero attached hydrogens (tertiary/aromatic N) is 1. The average Bonchev–Trinajstić information content (AvgIpc) is 2.15. The molecule has 4 heteroatoms. The zero-order chi connectivity index (χ0) is 9.68. The van der Waals surface area contributed by atoms with Gasteiger partial charge in [0.05, 0.1) is 0 Å². The van der Waals surface area contributed by atoms with Crippen molar-refractivity contribution in [2.45, 2.75) is 18.9 Å². The summed E-state index contributed by atoms with van der Waals surface area (Å²) in [5, 5.41) is 3.33. The van der Waals surface area contributed by atoms with E-state index in [4.69, 9.17) is 5.73 Å². The molecule has 1 heterocycles. The highest BCUT2D eigenvalue weighted by atomic mass is 16.2. The zero-order valence-electron chi connectivity index (χ0n) is 7.83. The first-order chi connectivity index (χ1) is 6.24. The van der Waals surface area contributed by atoms with Crippen molar-refractivity contribution >= 4 is 6.03 Å². The fourth-order valence-electron chi connectivity index (χ4n) is 1.55. The third-order valence-corrected chi connectivity index (χ3v) is 2.36. The Labute approximate surface area is 78.8 Å². The second-order valence-corrected chi connectivity index (χ2v) is 3.30. The maximum absolute atomic E-state index is 10.8. The molecule has 1 rings (SSSR count). The van der Waals surface area contributed by atoms with Gasteiger partial charge < -0.3 is 16.0 Å². The van der Waals surface area contributed by atoms with Crippen LogP contribution in [0.1, 0.15) is 12.8 Å². The number of hydrogen-bond donors (Lipinski definition) is 2. The van der Waals surface area contributed by atoms with Crippen molar-refractivity contribution in [1.82, 2.24) is 10.2 Å². The van der Waals surface area contributed by atoms with E-state index in [9.17, 15) is 4.79 Å². The minimum Gasteiger partial charge on any atom is -0.351 e. The SMILES string of the molecule is C=CCNC1CCN(C(N)=O)CC1. The molecule has 0 radical (unpaired) electrons. The van der Waals surface area contributed by atoms with Crippen LogP contribution in [0.15, 0.2) is 12.7 Å². The number of hydrogen-bond acceptors (Lipinski definition) is 2. The number of carbonyl (C=O) groups excluding carboxylic acids is 1. The molecule has 1 aliphatic heterocycles. The van der Waals surface area contributed by atoms with Crippen molar-refractivity contribution in [2.75, 3.05) is 19.6 Å². The van der Waals surface area contributed by atoms with Gasteiger partial charge in [0.25, 0.3) is 0 Å². The molecule has 0 atom stereocenters. The van der Waals surface area contributed by atoms with E-state index in [0.29, 0.717) is 6.04 Å². The minimum atomic E-state index is -0.304. The second-order valence-electron chi connectivity index (χ2n) is 3.30. The molecule has 0 aliphatic carbocycles. The fourth-order valence-corrected chi connectivity index (χ4v) is 1.55. The van der Waals surface area contributed by atoms with E-state index >= 15 is 0 Å². The fraction of sp³-hybridized carbons (Fsp3) is 0.667. The average molecular weight is 183 g/mol. The Morgan fingerprint density at radius 3 is 2.69 bits per heavy atom. The number of nitrogens with one attached hydrogen (secondary N) is 1. The smallest absolute Gasteiger partial charge is 0.314 e. The first kappa shape index (κ1) is 10.1. The summed E-state index contributed by atoms with van der Waals surface area (Å²) in [6, 6.07) is 0.204. The summed E-state index contributed by atoms with van der Waals surface area (Å²) in [7, 11) is 0. The Bertz CT molecular complexity index is 185. The van der Waals surface area contributed by atoms with Gasteiger partial charge in [-0.3, -0.25) is 0 Å². The summed E-state index contributed by atoms with van der Waals surface area (Å²) in [5.74, 6) is 0. The molecule has 1 aliphatic rings. The van der Waals surface area contributed by atoms with Gasteiger partial charge in [0.15, 0.2) is 0 Å². The van der Waals surface area contributed by atoms with E-state index in [0.717, 1.165) is 32.5 Å². The number of carbonyl (C=O) groups is 1. The molecule has 2 amide bonds. The molecule has 1 fully saturated rings. The number of amides is 2. The van der Waals surface area contributed by atoms with Crippen molar-refractivity contribution < 1.29 is 4.79 Å². The summed E-state index contributed by atoms with van der Waals surface area (Å²) < 4.78 is 0. The predicted octanol–water partition coefficient (Wildman–Crippen LogP) is 0.305. The Morgan fingerprint density at radius 1 is 1.62 bits per heavy atom. The summed E-state index contributed by atoms with van der Waals surface area (Å²) in [4.78, 5) is 12.5. The van der Waals surface area contributed by atoms with Crippen LogP contribution >= 0.6 is 0 Å². The lowest BCUT2D eigenvalue weighted by Crippen LogP contribution is -2.46. The van der Waals surface area contributed by atoms with Crippen LogP contribution in [0.4, 0.5) is 4.79 Å². The maximum Gasteiger partial charge on any atom is 0.314 e. The van der Waals surface area contributed by atoms with E-state index in [1.807, 2.05) is 6.08 Å². The van der Waals surface area contributed by atoms with E-state index < -0.39 is 0 Å². The molecular formula is C9H17N3O. The van der Waals surface area contributed by atoms with Crippen molar-refractivity contribution in [3.63, 3.8) is 0 Å². The van der Waals surface area contributed by atoms with Crippen molar-refractivity contribution in [3.05, 3.63) is 12.7 Å². The van der Waals surface area contributed by atoms with Gasteiger partial charge in [-0.1, -0.05) is 6.08 Å². The van der Waals surface area contributed by atoms with Crippen molar-refractivity contribution in [2.24, 2.45) is 5.73 Å². The third kappa shape index (κ3) is 3.06. The standard InChI is InChI=1S/C9H17N3O/c1-2-5-11-8-3-6-12(7-4-8)9(10)13/h2,8,11H,1,3-7H2,(H2,10,13). The van der Waals surface area contributed by atoms with Gasteiger partial charge in [-0.2, -0.15) is 0 Å². The van der Waals surface area contributed by atoms with Crippen LogP contribution in [0.25, 0.3) is 0 Å². The monoisotopic (exact) mass is 183 g/mol. The molecule has 13 heavy (non-hydrogen) atoms. The number of rotatable bonds is 3. The molecule has 3 N–H and O–H groups in total. The van der Waals surface area contributed by atoms with E-state index in [2.05, 4.69) is 11.9 Å². The van der Waals surface area contributed by atoms with E-state index in [1.54, 1.807) is 4.90 Å². The highest BCUT2D eigenvalue weighted by Gasteiger charge is 2.19. The normalized spacial score (nSPS) is 18.6. The van der Waals surface area contributed by atoms with Crippen LogP contribution in [-0.4, -0.2) is 36.6 Å². The van der Waals surface area contributed by atoms with Crippen molar-refractivity contribution in [3.8, 4) is 0 Å². The quantitative estimate of drug-likeness (QED) is 0.618. The van der Waals surface area contributed by atoms with Gasteiger partial charge >= 0.3 is 6.03 Å². The first-order valence-corrected chi connectivity index (χ1v) is 4.62. The maximum atomic E-state index is 10.8. The van der Waals surface area contributed by atoms with Gasteiger partial charge in [-0.05, 0) is 12.8 Å². The highest BCUT2D eigenvalue weighted by molar-refractivity contribution is 5.72. The number of nitrogens with two attached hydrogens (primary N) is 1. The second kappa shape index (κ2) is 4.87. The van der Waals surface area contributed by atoms with Crippen LogP contribution in [-0.2, 0) is 0 Å². The van der Waals surface area contributed by atoms with Gasteiger partial charge in [0.1, 0.15) is 0 Å². The lowest BCUT2D eigenvalue weighted by atomic mass is 10.1. The number of piperidine rings is 1. The molecule has 4 nitrogen and oxygen atoms in total. The van der Waals surface area contributed by atoms with Gasteiger partial charge in [0.2, 0.25) is 0 Å². The molecule has 1 saturated heterocycles. The summed E-state index contributed by atoms with van der Waals surface area (Å²) in [6.45, 7) is 6.01. The highest BCUT2D eigenvalue weighted by Crippen LogP contribution is 2.09. The Hall–Kier alpha value is -1.03. The molecule has 0 aromatic carbocycles. The summed E-state index contributed by atoms with van der Waals surface area (Å²) >= 11 is 0. The van der Waals surface area contributed by atoms with Gasteiger partial charge in [-0.25, -0.2) is 4.79 Å². The van der Waals surface area contributed by atoms with Gasteiger partial charge in [-0.15, -0.1) is 6.58 Å². The Kier molecular flexibility index (Phi) is 3.76. The predicted molar refractivity (Wildman–Crippen MR) is 52.4 cm³/mol. The Morgan fingerprint density at radius 2 is 2.23 bits per heavy atom. The summed E-state index contributed by atoms with van der Waals surface area (Å²) in [6.07, 6.45) is 3.81. The van der Waals surface area contributed by atoms with Gasteiger partial charge in [0, 0.05) is 25.7 Å².